The molecule has 2 rings (SSSR count). The lowest BCUT2D eigenvalue weighted by atomic mass is 10.1. The summed E-state index contributed by atoms with van der Waals surface area (Å²) >= 11 is 5.23. The standard InChI is InChI=1S/C21H25N3O3S/c1-5-14(2)27-16-12-10-15(11-13-16)19(25)23-21(28)22-18-9-7-6-8-17(18)20(26)24(3)4/h6-14H,5H2,1-4H3,(H2,22,23,25,28). The van der Waals surface area contributed by atoms with E-state index < -0.39 is 0 Å². The van der Waals surface area contributed by atoms with E-state index in [4.69, 9.17) is 17.0 Å². The van der Waals surface area contributed by atoms with E-state index in [9.17, 15) is 9.59 Å². The summed E-state index contributed by atoms with van der Waals surface area (Å²) in [6.45, 7) is 4.04. The summed E-state index contributed by atoms with van der Waals surface area (Å²) in [4.78, 5) is 26.1. The fraction of sp³-hybridized carbons (Fsp3) is 0.286. The van der Waals surface area contributed by atoms with Crippen molar-refractivity contribution in [2.45, 2.75) is 26.4 Å². The summed E-state index contributed by atoms with van der Waals surface area (Å²) in [5.41, 5.74) is 1.46. The molecule has 2 aromatic rings. The molecule has 0 aliphatic rings. The number of carbonyl (C=O) groups excluding carboxylic acids is 2. The Morgan fingerprint density at radius 3 is 2.36 bits per heavy atom. The van der Waals surface area contributed by atoms with E-state index in [1.807, 2.05) is 13.8 Å². The zero-order chi connectivity index (χ0) is 20.7. The number of ether oxygens (including phenoxy) is 1. The Labute approximate surface area is 170 Å². The van der Waals surface area contributed by atoms with Gasteiger partial charge in [0.25, 0.3) is 11.8 Å². The highest BCUT2D eigenvalue weighted by Crippen LogP contribution is 2.17. The smallest absolute Gasteiger partial charge is 0.257 e. The lowest BCUT2D eigenvalue weighted by Crippen LogP contribution is -2.35. The molecule has 0 bridgehead atoms. The molecule has 7 heteroatoms. The first kappa shape index (κ1) is 21.4. The molecule has 0 fully saturated rings. The van der Waals surface area contributed by atoms with Gasteiger partial charge in [-0.25, -0.2) is 0 Å². The van der Waals surface area contributed by atoms with Crippen LogP contribution in [0.25, 0.3) is 0 Å². The molecule has 6 nitrogen and oxygen atoms in total. The molecule has 0 aliphatic heterocycles. The van der Waals surface area contributed by atoms with Crippen LogP contribution in [-0.2, 0) is 0 Å². The minimum Gasteiger partial charge on any atom is -0.491 e. The molecule has 2 amide bonds. The van der Waals surface area contributed by atoms with Gasteiger partial charge in [0.15, 0.2) is 5.11 Å². The summed E-state index contributed by atoms with van der Waals surface area (Å²) in [7, 11) is 3.35. The van der Waals surface area contributed by atoms with Crippen molar-refractivity contribution in [1.29, 1.82) is 0 Å². The second-order valence-corrected chi connectivity index (χ2v) is 6.92. The van der Waals surface area contributed by atoms with Crippen LogP contribution in [0.4, 0.5) is 5.69 Å². The number of anilines is 1. The number of thiocarbonyl (C=S) groups is 1. The summed E-state index contributed by atoms with van der Waals surface area (Å²) in [5.74, 6) is 0.209. The topological polar surface area (TPSA) is 70.7 Å². The SMILES string of the molecule is CCC(C)Oc1ccc(C(=O)NC(=S)Nc2ccccc2C(=O)N(C)C)cc1. The van der Waals surface area contributed by atoms with Gasteiger partial charge in [-0.3, -0.25) is 14.9 Å². The van der Waals surface area contributed by atoms with Gasteiger partial charge in [-0.15, -0.1) is 0 Å². The normalized spacial score (nSPS) is 11.3. The largest absolute Gasteiger partial charge is 0.491 e. The monoisotopic (exact) mass is 399 g/mol. The van der Waals surface area contributed by atoms with Crippen LogP contribution in [0.2, 0.25) is 0 Å². The zero-order valence-electron chi connectivity index (χ0n) is 16.5. The van der Waals surface area contributed by atoms with Gasteiger partial charge in [-0.1, -0.05) is 19.1 Å². The zero-order valence-corrected chi connectivity index (χ0v) is 17.3. The van der Waals surface area contributed by atoms with Crippen LogP contribution in [0, 0.1) is 0 Å². The number of amides is 2. The van der Waals surface area contributed by atoms with Crippen molar-refractivity contribution >= 4 is 34.8 Å². The average molecular weight is 400 g/mol. The minimum atomic E-state index is -0.344. The second-order valence-electron chi connectivity index (χ2n) is 6.51. The average Bonchev–Trinajstić information content (AvgIpc) is 2.68. The maximum atomic E-state index is 12.4. The van der Waals surface area contributed by atoms with Gasteiger partial charge >= 0.3 is 0 Å². The van der Waals surface area contributed by atoms with Gasteiger partial charge in [-0.05, 0) is 62.0 Å². The molecular formula is C21H25N3O3S. The third kappa shape index (κ3) is 5.79. The third-order valence-corrected chi connectivity index (χ3v) is 4.27. The van der Waals surface area contributed by atoms with E-state index in [1.165, 1.54) is 4.90 Å². The summed E-state index contributed by atoms with van der Waals surface area (Å²) in [6, 6.07) is 13.9. The predicted octanol–water partition coefficient (Wildman–Crippen LogP) is 3.69. The van der Waals surface area contributed by atoms with Crippen molar-refractivity contribution in [2.24, 2.45) is 0 Å². The fourth-order valence-electron chi connectivity index (χ4n) is 2.35. The Morgan fingerprint density at radius 2 is 1.75 bits per heavy atom. The Kier molecular flexibility index (Phi) is 7.52. The molecule has 2 N–H and O–H groups in total. The first-order valence-electron chi connectivity index (χ1n) is 9.01. The molecule has 0 radical (unpaired) electrons. The van der Waals surface area contributed by atoms with E-state index in [-0.39, 0.29) is 23.0 Å². The summed E-state index contributed by atoms with van der Waals surface area (Å²) in [5, 5.41) is 5.66. The maximum absolute atomic E-state index is 12.4. The molecule has 0 aromatic heterocycles. The molecule has 2 aromatic carbocycles. The molecule has 0 saturated carbocycles. The van der Waals surface area contributed by atoms with Gasteiger partial charge in [-0.2, -0.15) is 0 Å². The Bertz CT molecular complexity index is 850. The number of carbonyl (C=O) groups is 2. The van der Waals surface area contributed by atoms with Crippen LogP contribution in [0.3, 0.4) is 0 Å². The van der Waals surface area contributed by atoms with Crippen molar-refractivity contribution < 1.29 is 14.3 Å². The Morgan fingerprint density at radius 1 is 1.11 bits per heavy atom. The Hall–Kier alpha value is -2.93. The van der Waals surface area contributed by atoms with Crippen molar-refractivity contribution in [1.82, 2.24) is 10.2 Å². The second kappa shape index (κ2) is 9.85. The maximum Gasteiger partial charge on any atom is 0.257 e. The van der Waals surface area contributed by atoms with E-state index in [1.54, 1.807) is 62.6 Å². The van der Waals surface area contributed by atoms with Gasteiger partial charge in [0.1, 0.15) is 5.75 Å². The van der Waals surface area contributed by atoms with Crippen molar-refractivity contribution in [3.05, 3.63) is 59.7 Å². The van der Waals surface area contributed by atoms with Gasteiger partial charge in [0.2, 0.25) is 0 Å². The minimum absolute atomic E-state index is 0.112. The number of benzene rings is 2. The predicted molar refractivity (Wildman–Crippen MR) is 115 cm³/mol. The van der Waals surface area contributed by atoms with Gasteiger partial charge < -0.3 is 15.0 Å². The molecule has 1 atom stereocenters. The highest BCUT2D eigenvalue weighted by molar-refractivity contribution is 7.80. The number of hydrogen-bond donors (Lipinski definition) is 2. The number of hydrogen-bond acceptors (Lipinski definition) is 4. The number of rotatable bonds is 6. The fourth-order valence-corrected chi connectivity index (χ4v) is 2.55. The lowest BCUT2D eigenvalue weighted by molar-refractivity contribution is 0.0828. The van der Waals surface area contributed by atoms with E-state index in [2.05, 4.69) is 10.6 Å². The molecular weight excluding hydrogens is 374 g/mol. The van der Waals surface area contributed by atoms with Gasteiger partial charge in [0.05, 0.1) is 17.4 Å². The van der Waals surface area contributed by atoms with Crippen molar-refractivity contribution in [3.8, 4) is 5.75 Å². The third-order valence-electron chi connectivity index (χ3n) is 4.07. The van der Waals surface area contributed by atoms with Crippen LogP contribution in [-0.4, -0.2) is 42.0 Å². The molecule has 0 aliphatic carbocycles. The number of para-hydroxylation sites is 1. The quantitative estimate of drug-likeness (QED) is 0.725. The number of nitrogens with one attached hydrogen (secondary N) is 2. The highest BCUT2D eigenvalue weighted by Gasteiger charge is 2.15. The summed E-state index contributed by atoms with van der Waals surface area (Å²) < 4.78 is 5.71. The molecule has 28 heavy (non-hydrogen) atoms. The van der Waals surface area contributed by atoms with Crippen molar-refractivity contribution in [2.75, 3.05) is 19.4 Å². The lowest BCUT2D eigenvalue weighted by Gasteiger charge is -2.16. The van der Waals surface area contributed by atoms with Crippen molar-refractivity contribution in [3.63, 3.8) is 0 Å². The summed E-state index contributed by atoms with van der Waals surface area (Å²) in [6.07, 6.45) is 1.02. The molecule has 1 unspecified atom stereocenters. The Balaban J connectivity index is 2.02. The van der Waals surface area contributed by atoms with Crippen LogP contribution in [0.15, 0.2) is 48.5 Å². The van der Waals surface area contributed by atoms with E-state index in [0.717, 1.165) is 6.42 Å². The van der Waals surface area contributed by atoms with E-state index >= 15 is 0 Å². The first-order chi connectivity index (χ1) is 13.3. The molecule has 148 valence electrons. The molecule has 0 spiro atoms. The number of nitrogens with zero attached hydrogens (tertiary/aromatic N) is 1. The van der Waals surface area contributed by atoms with Gasteiger partial charge in [0, 0.05) is 19.7 Å². The van der Waals surface area contributed by atoms with Crippen LogP contribution in [0.5, 0.6) is 5.75 Å². The van der Waals surface area contributed by atoms with Crippen LogP contribution >= 0.6 is 12.2 Å². The van der Waals surface area contributed by atoms with Crippen LogP contribution < -0.4 is 15.4 Å². The molecule has 0 saturated heterocycles. The van der Waals surface area contributed by atoms with Crippen LogP contribution in [0.1, 0.15) is 41.0 Å². The first-order valence-corrected chi connectivity index (χ1v) is 9.42. The van der Waals surface area contributed by atoms with E-state index in [0.29, 0.717) is 22.6 Å². The molecule has 0 heterocycles. The highest BCUT2D eigenvalue weighted by atomic mass is 32.1.